The van der Waals surface area contributed by atoms with Crippen molar-refractivity contribution in [1.82, 2.24) is 9.38 Å². The molecular weight excluding hydrogens is 230 g/mol. The molecule has 0 aliphatic heterocycles. The van der Waals surface area contributed by atoms with Crippen molar-refractivity contribution in [3.8, 4) is 0 Å². The van der Waals surface area contributed by atoms with Gasteiger partial charge in [0.2, 0.25) is 0 Å². The van der Waals surface area contributed by atoms with Crippen LogP contribution in [0.3, 0.4) is 0 Å². The minimum Gasteiger partial charge on any atom is -0.469 e. The smallest absolute Gasteiger partial charge is 0.305 e. The minimum absolute atomic E-state index is 0.163. The van der Waals surface area contributed by atoms with Gasteiger partial charge in [-0.15, -0.1) is 0 Å². The molecule has 0 fully saturated rings. The highest BCUT2D eigenvalue weighted by Crippen LogP contribution is 2.15. The van der Waals surface area contributed by atoms with Crippen LogP contribution in [0.4, 0.5) is 5.82 Å². The summed E-state index contributed by atoms with van der Waals surface area (Å²) in [7, 11) is 3.42. The van der Waals surface area contributed by atoms with Crippen LogP contribution < -0.4 is 4.90 Å². The summed E-state index contributed by atoms with van der Waals surface area (Å²) in [6.45, 7) is 0.798. The fraction of sp³-hybridized carbons (Fsp3) is 0.385. The lowest BCUT2D eigenvalue weighted by Crippen LogP contribution is -2.21. The zero-order chi connectivity index (χ0) is 13.0. The average molecular weight is 247 g/mol. The quantitative estimate of drug-likeness (QED) is 0.755. The van der Waals surface area contributed by atoms with Gasteiger partial charge in [-0.3, -0.25) is 9.20 Å². The molecule has 0 N–H and O–H groups in total. The number of esters is 1. The van der Waals surface area contributed by atoms with Crippen molar-refractivity contribution in [3.05, 3.63) is 30.6 Å². The average Bonchev–Trinajstić information content (AvgIpc) is 2.86. The monoisotopic (exact) mass is 247 g/mol. The summed E-state index contributed by atoms with van der Waals surface area (Å²) < 4.78 is 6.65. The van der Waals surface area contributed by atoms with Gasteiger partial charge in [-0.05, 0) is 18.6 Å². The van der Waals surface area contributed by atoms with Crippen molar-refractivity contribution in [3.63, 3.8) is 0 Å². The molecule has 18 heavy (non-hydrogen) atoms. The van der Waals surface area contributed by atoms with Crippen LogP contribution in [0.5, 0.6) is 0 Å². The van der Waals surface area contributed by atoms with Gasteiger partial charge in [-0.2, -0.15) is 0 Å². The van der Waals surface area contributed by atoms with Crippen LogP contribution in [-0.2, 0) is 9.53 Å². The molecule has 0 aromatic carbocycles. The standard InChI is InChI=1S/C13H17N3O2/c1-15(9-4-7-13(17)18-2)12-6-3-5-11-14-8-10-16(11)12/h3,5-6,8,10H,4,7,9H2,1-2H3. The SMILES string of the molecule is COC(=O)CCCN(C)c1cccc2nccn12. The van der Waals surface area contributed by atoms with Crippen LogP contribution in [-0.4, -0.2) is 36.1 Å². The first-order chi connectivity index (χ1) is 8.72. The van der Waals surface area contributed by atoms with Crippen molar-refractivity contribution in [2.24, 2.45) is 0 Å². The second-order valence-corrected chi connectivity index (χ2v) is 4.14. The van der Waals surface area contributed by atoms with Gasteiger partial charge in [-0.25, -0.2) is 4.98 Å². The molecular formula is C13H17N3O2. The van der Waals surface area contributed by atoms with E-state index in [1.807, 2.05) is 35.8 Å². The number of pyridine rings is 1. The third-order valence-corrected chi connectivity index (χ3v) is 2.90. The molecule has 96 valence electrons. The first-order valence-corrected chi connectivity index (χ1v) is 5.92. The third kappa shape index (κ3) is 2.61. The van der Waals surface area contributed by atoms with E-state index in [4.69, 9.17) is 0 Å². The van der Waals surface area contributed by atoms with Crippen molar-refractivity contribution in [2.75, 3.05) is 25.6 Å². The van der Waals surface area contributed by atoms with Gasteiger partial charge in [0.05, 0.1) is 7.11 Å². The Labute approximate surface area is 106 Å². The van der Waals surface area contributed by atoms with Gasteiger partial charge < -0.3 is 9.64 Å². The number of fused-ring (bicyclic) bond motifs is 1. The van der Waals surface area contributed by atoms with Crippen LogP contribution in [0.1, 0.15) is 12.8 Å². The number of carbonyl (C=O) groups is 1. The van der Waals surface area contributed by atoms with Crippen LogP contribution in [0.2, 0.25) is 0 Å². The topological polar surface area (TPSA) is 46.8 Å². The molecule has 2 rings (SSSR count). The Kier molecular flexibility index (Phi) is 3.82. The number of anilines is 1. The molecule has 5 nitrogen and oxygen atoms in total. The summed E-state index contributed by atoms with van der Waals surface area (Å²) in [5, 5.41) is 0. The molecule has 0 bridgehead atoms. The number of aromatic nitrogens is 2. The maximum atomic E-state index is 11.0. The molecule has 0 saturated carbocycles. The summed E-state index contributed by atoms with van der Waals surface area (Å²) in [4.78, 5) is 17.4. The number of ether oxygens (including phenoxy) is 1. The molecule has 5 heteroatoms. The Morgan fingerprint density at radius 3 is 3.11 bits per heavy atom. The molecule has 0 radical (unpaired) electrons. The van der Waals surface area contributed by atoms with E-state index in [0.29, 0.717) is 6.42 Å². The zero-order valence-corrected chi connectivity index (χ0v) is 10.7. The van der Waals surface area contributed by atoms with E-state index < -0.39 is 0 Å². The third-order valence-electron chi connectivity index (χ3n) is 2.90. The van der Waals surface area contributed by atoms with Crippen LogP contribution in [0, 0.1) is 0 Å². The van der Waals surface area contributed by atoms with E-state index in [9.17, 15) is 4.79 Å². The molecule has 0 spiro atoms. The molecule has 0 aliphatic rings. The molecule has 0 aliphatic carbocycles. The summed E-state index contributed by atoms with van der Waals surface area (Å²) in [6, 6.07) is 5.98. The fourth-order valence-electron chi connectivity index (χ4n) is 1.92. The molecule has 0 saturated heterocycles. The number of nitrogens with zero attached hydrogens (tertiary/aromatic N) is 3. The van der Waals surface area contributed by atoms with Gasteiger partial charge in [0.25, 0.3) is 0 Å². The van der Waals surface area contributed by atoms with E-state index in [0.717, 1.165) is 24.4 Å². The fourth-order valence-corrected chi connectivity index (χ4v) is 1.92. The number of methoxy groups -OCH3 is 1. The summed E-state index contributed by atoms with van der Waals surface area (Å²) in [6.07, 6.45) is 4.93. The van der Waals surface area contributed by atoms with Crippen molar-refractivity contribution in [2.45, 2.75) is 12.8 Å². The highest BCUT2D eigenvalue weighted by atomic mass is 16.5. The molecule has 0 amide bonds. The predicted molar refractivity (Wildman–Crippen MR) is 69.7 cm³/mol. The molecule has 0 atom stereocenters. The normalized spacial score (nSPS) is 10.6. The van der Waals surface area contributed by atoms with Crippen LogP contribution in [0.15, 0.2) is 30.6 Å². The number of carbonyl (C=O) groups excluding carboxylic acids is 1. The number of imidazole rings is 1. The summed E-state index contributed by atoms with van der Waals surface area (Å²) in [5.41, 5.74) is 0.923. The zero-order valence-electron chi connectivity index (χ0n) is 10.7. The summed E-state index contributed by atoms with van der Waals surface area (Å²) >= 11 is 0. The number of hydrogen-bond donors (Lipinski definition) is 0. The van der Waals surface area contributed by atoms with Crippen molar-refractivity contribution >= 4 is 17.4 Å². The highest BCUT2D eigenvalue weighted by molar-refractivity contribution is 5.69. The number of hydrogen-bond acceptors (Lipinski definition) is 4. The van der Waals surface area contributed by atoms with Crippen molar-refractivity contribution in [1.29, 1.82) is 0 Å². The Balaban J connectivity index is 2.02. The second-order valence-electron chi connectivity index (χ2n) is 4.14. The van der Waals surface area contributed by atoms with Gasteiger partial charge >= 0.3 is 5.97 Å². The maximum Gasteiger partial charge on any atom is 0.305 e. The Bertz CT molecular complexity index is 536. The molecule has 2 heterocycles. The predicted octanol–water partition coefficient (Wildman–Crippen LogP) is 1.72. The van der Waals surface area contributed by atoms with Crippen molar-refractivity contribution < 1.29 is 9.53 Å². The Morgan fingerprint density at radius 2 is 2.33 bits per heavy atom. The molecule has 2 aromatic heterocycles. The van der Waals surface area contributed by atoms with Gasteiger partial charge in [0, 0.05) is 32.4 Å². The Hall–Kier alpha value is -2.04. The molecule has 2 aromatic rings. The summed E-state index contributed by atoms with van der Waals surface area (Å²) in [5.74, 6) is 0.902. The highest BCUT2D eigenvalue weighted by Gasteiger charge is 2.07. The van der Waals surface area contributed by atoms with E-state index in [1.54, 1.807) is 6.20 Å². The van der Waals surface area contributed by atoms with E-state index >= 15 is 0 Å². The largest absolute Gasteiger partial charge is 0.469 e. The Morgan fingerprint density at radius 1 is 1.50 bits per heavy atom. The lowest BCUT2D eigenvalue weighted by molar-refractivity contribution is -0.140. The van der Waals surface area contributed by atoms with E-state index in [-0.39, 0.29) is 5.97 Å². The van der Waals surface area contributed by atoms with Gasteiger partial charge in [0.1, 0.15) is 11.5 Å². The first kappa shape index (κ1) is 12.4. The van der Waals surface area contributed by atoms with E-state index in [1.165, 1.54) is 7.11 Å². The van der Waals surface area contributed by atoms with Gasteiger partial charge in [0.15, 0.2) is 0 Å². The molecule has 0 unspecified atom stereocenters. The maximum absolute atomic E-state index is 11.0. The lowest BCUT2D eigenvalue weighted by Gasteiger charge is -2.20. The van der Waals surface area contributed by atoms with Crippen LogP contribution >= 0.6 is 0 Å². The van der Waals surface area contributed by atoms with Gasteiger partial charge in [-0.1, -0.05) is 6.07 Å². The van der Waals surface area contributed by atoms with Crippen LogP contribution in [0.25, 0.3) is 5.65 Å². The second kappa shape index (κ2) is 5.53. The lowest BCUT2D eigenvalue weighted by atomic mass is 10.3. The first-order valence-electron chi connectivity index (χ1n) is 5.92. The minimum atomic E-state index is -0.163. The van der Waals surface area contributed by atoms with E-state index in [2.05, 4.69) is 14.6 Å². The number of rotatable bonds is 5.